The van der Waals surface area contributed by atoms with Gasteiger partial charge in [-0.2, -0.15) is 0 Å². The summed E-state index contributed by atoms with van der Waals surface area (Å²) in [5.41, 5.74) is 0.987. The first-order chi connectivity index (χ1) is 15.0. The summed E-state index contributed by atoms with van der Waals surface area (Å²) in [5, 5.41) is 3.78. The molecule has 0 unspecified atom stereocenters. The summed E-state index contributed by atoms with van der Waals surface area (Å²) in [7, 11) is 1.74. The summed E-state index contributed by atoms with van der Waals surface area (Å²) in [4.78, 5) is 28.2. The van der Waals surface area contributed by atoms with E-state index in [-0.39, 0.29) is 34.0 Å². The number of benzene rings is 2. The molecule has 0 bridgehead atoms. The molecule has 2 aromatic carbocycles. The first kappa shape index (κ1) is 22.6. The average molecular weight is 476 g/mol. The van der Waals surface area contributed by atoms with Gasteiger partial charge in [0.1, 0.15) is 5.82 Å². The van der Waals surface area contributed by atoms with Gasteiger partial charge in [-0.3, -0.25) is 9.59 Å². The Kier molecular flexibility index (Phi) is 5.50. The fourth-order valence-corrected chi connectivity index (χ4v) is 5.29. The summed E-state index contributed by atoms with van der Waals surface area (Å²) in [6, 6.07) is 8.34. The molecular weight excluding hydrogens is 452 g/mol. The Morgan fingerprint density at radius 3 is 2.66 bits per heavy atom. The van der Waals surface area contributed by atoms with Gasteiger partial charge >= 0.3 is 0 Å². The Hall–Kier alpha value is -2.57. The molecule has 2 aliphatic rings. The molecule has 0 aliphatic carbocycles. The lowest BCUT2D eigenvalue weighted by atomic mass is 9.85. The zero-order valence-electron chi connectivity index (χ0n) is 18.1. The number of likely N-dealkylation sites (N-methyl/N-ethyl adjacent to an activating group) is 1. The second-order valence-corrected chi connectivity index (χ2v) is 9.65. The third kappa shape index (κ3) is 3.37. The smallest absolute Gasteiger partial charge is 0.246 e. The van der Waals surface area contributed by atoms with E-state index in [1.54, 1.807) is 16.8 Å². The highest BCUT2D eigenvalue weighted by Crippen LogP contribution is 2.46. The molecule has 2 amide bonds. The maximum atomic E-state index is 15.1. The lowest BCUT2D eigenvalue weighted by molar-refractivity contribution is -0.125. The maximum absolute atomic E-state index is 15.1. The van der Waals surface area contributed by atoms with E-state index in [1.807, 2.05) is 32.0 Å². The number of nitrogens with zero attached hydrogens (tertiary/aromatic N) is 2. The molecule has 1 N–H and O–H groups in total. The quantitative estimate of drug-likeness (QED) is 0.493. The molecule has 0 aromatic heterocycles. The molecule has 1 atom stereocenters. The lowest BCUT2D eigenvalue weighted by Gasteiger charge is -2.34. The minimum atomic E-state index is -1.00. The van der Waals surface area contributed by atoms with Gasteiger partial charge in [0.25, 0.3) is 0 Å². The van der Waals surface area contributed by atoms with Crippen molar-refractivity contribution in [2.45, 2.75) is 31.2 Å². The lowest BCUT2D eigenvalue weighted by Crippen LogP contribution is -2.41. The molecule has 2 heterocycles. The number of carbonyl (C=O) groups is 2. The van der Waals surface area contributed by atoms with Gasteiger partial charge in [-0.15, -0.1) is 0 Å². The first-order valence-corrected chi connectivity index (χ1v) is 11.0. The van der Waals surface area contributed by atoms with Crippen molar-refractivity contribution >= 4 is 46.4 Å². The summed E-state index contributed by atoms with van der Waals surface area (Å²) in [6.45, 7) is 7.93. The fraction of sp³-hybridized carbons (Fsp3) is 0.333. The normalized spacial score (nSPS) is 21.6. The highest BCUT2D eigenvalue weighted by atomic mass is 35.5. The van der Waals surface area contributed by atoms with Crippen molar-refractivity contribution in [2.75, 3.05) is 30.4 Å². The third-order valence-corrected chi connectivity index (χ3v) is 7.34. The van der Waals surface area contributed by atoms with Crippen molar-refractivity contribution in [1.29, 1.82) is 0 Å². The van der Waals surface area contributed by atoms with E-state index in [2.05, 4.69) is 11.9 Å². The van der Waals surface area contributed by atoms with Gasteiger partial charge in [0.15, 0.2) is 0 Å². The Labute approximate surface area is 196 Å². The van der Waals surface area contributed by atoms with Crippen LogP contribution < -0.4 is 10.2 Å². The van der Waals surface area contributed by atoms with Crippen LogP contribution in [-0.2, 0) is 20.5 Å². The molecule has 4 rings (SSSR count). The minimum absolute atomic E-state index is 0.00640. The van der Waals surface area contributed by atoms with Crippen molar-refractivity contribution in [2.24, 2.45) is 0 Å². The monoisotopic (exact) mass is 475 g/mol. The van der Waals surface area contributed by atoms with Crippen LogP contribution in [0.25, 0.3) is 0 Å². The molecule has 8 heteroatoms. The van der Waals surface area contributed by atoms with E-state index in [9.17, 15) is 9.59 Å². The van der Waals surface area contributed by atoms with Crippen LogP contribution in [0.15, 0.2) is 43.0 Å². The predicted octanol–water partition coefficient (Wildman–Crippen LogP) is 5.11. The van der Waals surface area contributed by atoms with Crippen LogP contribution >= 0.6 is 23.2 Å². The molecule has 32 heavy (non-hydrogen) atoms. The number of rotatable bonds is 4. The van der Waals surface area contributed by atoms with Crippen molar-refractivity contribution < 1.29 is 14.0 Å². The molecule has 0 spiro atoms. The van der Waals surface area contributed by atoms with Crippen molar-refractivity contribution in [3.63, 3.8) is 0 Å². The van der Waals surface area contributed by atoms with E-state index in [0.29, 0.717) is 18.7 Å². The van der Waals surface area contributed by atoms with E-state index in [1.165, 1.54) is 18.2 Å². The fourth-order valence-electron chi connectivity index (χ4n) is 4.80. The number of anilines is 2. The Morgan fingerprint density at radius 2 is 1.97 bits per heavy atom. The van der Waals surface area contributed by atoms with Gasteiger partial charge in [-0.25, -0.2) is 4.39 Å². The summed E-state index contributed by atoms with van der Waals surface area (Å²) in [5.74, 6) is -0.741. The molecule has 5 nitrogen and oxygen atoms in total. The van der Waals surface area contributed by atoms with Crippen molar-refractivity contribution in [1.82, 2.24) is 4.90 Å². The Balaban J connectivity index is 1.81. The number of likely N-dealkylation sites (tertiary alicyclic amines) is 1. The molecule has 0 radical (unpaired) electrons. The topological polar surface area (TPSA) is 52.7 Å². The van der Waals surface area contributed by atoms with Gasteiger partial charge in [0, 0.05) is 37.1 Å². The van der Waals surface area contributed by atoms with Gasteiger partial charge < -0.3 is 15.1 Å². The van der Waals surface area contributed by atoms with Crippen LogP contribution in [0.4, 0.5) is 15.8 Å². The highest BCUT2D eigenvalue weighted by molar-refractivity contribution is 6.42. The molecule has 2 aromatic rings. The van der Waals surface area contributed by atoms with E-state index >= 15 is 4.39 Å². The van der Waals surface area contributed by atoms with Crippen LogP contribution in [0, 0.1) is 5.82 Å². The molecule has 2 aliphatic heterocycles. The first-order valence-electron chi connectivity index (χ1n) is 10.3. The van der Waals surface area contributed by atoms with Crippen molar-refractivity contribution in [3.8, 4) is 0 Å². The zero-order chi connectivity index (χ0) is 23.4. The second kappa shape index (κ2) is 7.78. The van der Waals surface area contributed by atoms with Gasteiger partial charge in [-0.05, 0) is 56.2 Å². The number of hydrogen-bond donors (Lipinski definition) is 1. The molecule has 0 saturated carbocycles. The molecular formula is C24H24Cl2FN3O2. The van der Waals surface area contributed by atoms with Crippen LogP contribution in [0.1, 0.15) is 31.4 Å². The highest BCUT2D eigenvalue weighted by Gasteiger charge is 2.46. The van der Waals surface area contributed by atoms with Crippen LogP contribution in [-0.4, -0.2) is 36.9 Å². The minimum Gasteiger partial charge on any atom is -0.373 e. The van der Waals surface area contributed by atoms with Gasteiger partial charge in [-0.1, -0.05) is 35.8 Å². The zero-order valence-corrected chi connectivity index (χ0v) is 19.6. The Bertz CT molecular complexity index is 1150. The Morgan fingerprint density at radius 1 is 1.25 bits per heavy atom. The predicted molar refractivity (Wildman–Crippen MR) is 126 cm³/mol. The summed E-state index contributed by atoms with van der Waals surface area (Å²) in [6.07, 6.45) is 1.66. The third-order valence-electron chi connectivity index (χ3n) is 6.53. The van der Waals surface area contributed by atoms with Crippen LogP contribution in [0.3, 0.4) is 0 Å². The number of nitrogens with one attached hydrogen (secondary N) is 1. The standard InChI is InChI=1S/C24H24Cl2FN3O2/c1-5-19(31)30-11-10-24(13-30,20-17(27)9-8-16(25)21(20)26)28-14-6-7-15-18(12-14)29(4)22(32)23(15,2)3/h5-9,12,28H,1,10-11,13H2,2-4H3/t24-/m0/s1. The van der Waals surface area contributed by atoms with Crippen molar-refractivity contribution in [3.05, 3.63) is 70.0 Å². The molecule has 1 saturated heterocycles. The van der Waals surface area contributed by atoms with E-state index in [4.69, 9.17) is 23.2 Å². The maximum Gasteiger partial charge on any atom is 0.246 e. The van der Waals surface area contributed by atoms with Gasteiger partial charge in [0.2, 0.25) is 11.8 Å². The second-order valence-electron chi connectivity index (χ2n) is 8.86. The summed E-state index contributed by atoms with van der Waals surface area (Å²) < 4.78 is 15.1. The number of fused-ring (bicyclic) bond motifs is 1. The SMILES string of the molecule is C=CC(=O)N1CC[C@@](Nc2ccc3c(c2)N(C)C(=O)C3(C)C)(c2c(F)ccc(Cl)c2Cl)C1. The number of carbonyl (C=O) groups excluding carboxylic acids is 2. The largest absolute Gasteiger partial charge is 0.373 e. The summed E-state index contributed by atoms with van der Waals surface area (Å²) >= 11 is 12.7. The number of hydrogen-bond acceptors (Lipinski definition) is 3. The van der Waals surface area contributed by atoms with E-state index < -0.39 is 16.8 Å². The number of halogens is 3. The molecule has 168 valence electrons. The molecule has 1 fully saturated rings. The van der Waals surface area contributed by atoms with E-state index in [0.717, 1.165) is 11.3 Å². The number of amides is 2. The van der Waals surface area contributed by atoms with Crippen LogP contribution in [0.5, 0.6) is 0 Å². The van der Waals surface area contributed by atoms with Crippen LogP contribution in [0.2, 0.25) is 10.0 Å². The van der Waals surface area contributed by atoms with Gasteiger partial charge in [0.05, 0.1) is 21.0 Å². The average Bonchev–Trinajstić information content (AvgIpc) is 3.25.